The molecule has 0 unspecified atom stereocenters. The number of carbonyl (C=O) groups is 2. The minimum Gasteiger partial charge on any atom is -0.273 e. The molecular weight excluding hydrogens is 315 g/mol. The van der Waals surface area contributed by atoms with Crippen LogP contribution in [0.25, 0.3) is 0 Å². The average molecular weight is 327 g/mol. The van der Waals surface area contributed by atoms with E-state index in [1.807, 2.05) is 0 Å². The first-order valence-electron chi connectivity index (χ1n) is 6.09. The molecular formula is C13H12Cl2N4O2. The predicted octanol–water partition coefficient (Wildman–Crippen LogP) is 1.96. The zero-order valence-electron chi connectivity index (χ0n) is 11.1. The lowest BCUT2D eigenvalue weighted by Crippen LogP contribution is -2.29. The first-order chi connectivity index (χ1) is 9.99. The van der Waals surface area contributed by atoms with E-state index in [1.165, 1.54) is 6.21 Å². The molecule has 0 aromatic heterocycles. The summed E-state index contributed by atoms with van der Waals surface area (Å²) in [5.41, 5.74) is 5.74. The molecule has 1 aromatic rings. The van der Waals surface area contributed by atoms with E-state index in [4.69, 9.17) is 23.2 Å². The normalized spacial score (nSPS) is 17.8. The highest BCUT2D eigenvalue weighted by atomic mass is 35.5. The molecule has 2 N–H and O–H groups in total. The molecule has 21 heavy (non-hydrogen) atoms. The molecule has 1 aromatic carbocycles. The summed E-state index contributed by atoms with van der Waals surface area (Å²) in [5.74, 6) is -1.24. The second-order valence-electron chi connectivity index (χ2n) is 4.41. The van der Waals surface area contributed by atoms with E-state index in [0.29, 0.717) is 21.3 Å². The number of nitrogens with one attached hydrogen (secondary N) is 2. The second-order valence-corrected chi connectivity index (χ2v) is 5.23. The van der Waals surface area contributed by atoms with Crippen molar-refractivity contribution in [2.75, 3.05) is 0 Å². The summed E-state index contributed by atoms with van der Waals surface area (Å²) in [6, 6.07) is 5.04. The van der Waals surface area contributed by atoms with Crippen LogP contribution in [0.15, 0.2) is 28.4 Å². The van der Waals surface area contributed by atoms with Gasteiger partial charge in [0.2, 0.25) is 11.8 Å². The van der Waals surface area contributed by atoms with E-state index >= 15 is 0 Å². The van der Waals surface area contributed by atoms with Crippen LogP contribution in [0.1, 0.15) is 18.9 Å². The standard InChI is InChI=1S/C13H12Cl2N4O2/c1-7-8(13(21)19-17-7)5-12(20)18-16-6-9-10(14)3-2-4-11(9)15/h2-4,6,8H,5H2,1H3,(H,18,20)(H,19,21)/b16-6-/t8-/m1/s1. The lowest BCUT2D eigenvalue weighted by atomic mass is 10.0. The van der Waals surface area contributed by atoms with Crippen LogP contribution in [0.3, 0.4) is 0 Å². The second kappa shape index (κ2) is 6.69. The Balaban J connectivity index is 1.94. The van der Waals surface area contributed by atoms with Crippen molar-refractivity contribution in [3.63, 3.8) is 0 Å². The Kier molecular flexibility index (Phi) is 4.93. The molecule has 0 spiro atoms. The van der Waals surface area contributed by atoms with Crippen molar-refractivity contribution in [1.29, 1.82) is 0 Å². The van der Waals surface area contributed by atoms with E-state index in [9.17, 15) is 9.59 Å². The van der Waals surface area contributed by atoms with Gasteiger partial charge < -0.3 is 0 Å². The van der Waals surface area contributed by atoms with Crippen molar-refractivity contribution in [2.45, 2.75) is 13.3 Å². The van der Waals surface area contributed by atoms with Crippen molar-refractivity contribution >= 4 is 46.9 Å². The summed E-state index contributed by atoms with van der Waals surface area (Å²) in [7, 11) is 0. The molecule has 110 valence electrons. The van der Waals surface area contributed by atoms with E-state index < -0.39 is 11.8 Å². The van der Waals surface area contributed by atoms with Crippen LogP contribution in [0, 0.1) is 5.92 Å². The third-order valence-electron chi connectivity index (χ3n) is 2.94. The van der Waals surface area contributed by atoms with Gasteiger partial charge >= 0.3 is 0 Å². The molecule has 1 aliphatic heterocycles. The van der Waals surface area contributed by atoms with Crippen LogP contribution >= 0.6 is 23.2 Å². The number of rotatable bonds is 4. The number of amides is 2. The average Bonchev–Trinajstić information content (AvgIpc) is 2.74. The third kappa shape index (κ3) is 3.80. The van der Waals surface area contributed by atoms with Crippen LogP contribution in [-0.2, 0) is 9.59 Å². The predicted molar refractivity (Wildman–Crippen MR) is 81.6 cm³/mol. The van der Waals surface area contributed by atoms with Crippen molar-refractivity contribution < 1.29 is 9.59 Å². The Hall–Kier alpha value is -1.92. The Morgan fingerprint density at radius 3 is 2.71 bits per heavy atom. The summed E-state index contributed by atoms with van der Waals surface area (Å²) >= 11 is 11.9. The maximum absolute atomic E-state index is 11.7. The van der Waals surface area contributed by atoms with Crippen LogP contribution in [-0.4, -0.2) is 23.7 Å². The molecule has 2 rings (SSSR count). The summed E-state index contributed by atoms with van der Waals surface area (Å²) in [6.45, 7) is 1.68. The van der Waals surface area contributed by atoms with Crippen LogP contribution in [0.5, 0.6) is 0 Å². The number of nitrogens with zero attached hydrogens (tertiary/aromatic N) is 2. The quantitative estimate of drug-likeness (QED) is 0.654. The first kappa shape index (κ1) is 15.5. The number of carbonyl (C=O) groups excluding carboxylic acids is 2. The van der Waals surface area contributed by atoms with E-state index in [2.05, 4.69) is 21.1 Å². The summed E-state index contributed by atoms with van der Waals surface area (Å²) < 4.78 is 0. The van der Waals surface area contributed by atoms with Gasteiger partial charge in [0.1, 0.15) is 0 Å². The van der Waals surface area contributed by atoms with E-state index in [1.54, 1.807) is 25.1 Å². The minimum absolute atomic E-state index is 0.0191. The van der Waals surface area contributed by atoms with E-state index in [0.717, 1.165) is 0 Å². The highest BCUT2D eigenvalue weighted by Gasteiger charge is 2.28. The maximum atomic E-state index is 11.7. The van der Waals surface area contributed by atoms with Gasteiger partial charge in [-0.3, -0.25) is 9.59 Å². The largest absolute Gasteiger partial charge is 0.273 e. The Morgan fingerprint density at radius 1 is 1.48 bits per heavy atom. The highest BCUT2D eigenvalue weighted by molar-refractivity contribution is 6.38. The fourth-order valence-electron chi connectivity index (χ4n) is 1.76. The van der Waals surface area contributed by atoms with Gasteiger partial charge in [0, 0.05) is 17.7 Å². The number of hydrazone groups is 2. The first-order valence-corrected chi connectivity index (χ1v) is 6.84. The lowest BCUT2D eigenvalue weighted by Gasteiger charge is -2.06. The fraction of sp³-hybridized carbons (Fsp3) is 0.231. The fourth-order valence-corrected chi connectivity index (χ4v) is 2.26. The topological polar surface area (TPSA) is 82.9 Å². The highest BCUT2D eigenvalue weighted by Crippen LogP contribution is 2.22. The SMILES string of the molecule is CC1=NNC(=O)[C@@H]1CC(=O)N/N=C\c1c(Cl)cccc1Cl. The number of hydrogen-bond acceptors (Lipinski definition) is 4. The zero-order valence-corrected chi connectivity index (χ0v) is 12.6. The number of halogens is 2. The van der Waals surface area contributed by atoms with Crippen LogP contribution in [0.2, 0.25) is 10.0 Å². The van der Waals surface area contributed by atoms with Crippen LogP contribution < -0.4 is 10.9 Å². The Bertz CT molecular complexity index is 623. The maximum Gasteiger partial charge on any atom is 0.249 e. The van der Waals surface area contributed by atoms with Gasteiger partial charge in [-0.15, -0.1) is 0 Å². The van der Waals surface area contributed by atoms with Gasteiger partial charge in [0.15, 0.2) is 0 Å². The summed E-state index contributed by atoms with van der Waals surface area (Å²) in [4.78, 5) is 23.2. The molecule has 0 radical (unpaired) electrons. The number of hydrogen-bond donors (Lipinski definition) is 2. The smallest absolute Gasteiger partial charge is 0.249 e. The molecule has 1 atom stereocenters. The lowest BCUT2D eigenvalue weighted by molar-refractivity contribution is -0.127. The zero-order chi connectivity index (χ0) is 15.4. The summed E-state index contributed by atoms with van der Waals surface area (Å²) in [5, 5.41) is 8.42. The van der Waals surface area contributed by atoms with Gasteiger partial charge in [-0.25, -0.2) is 10.9 Å². The van der Waals surface area contributed by atoms with Gasteiger partial charge in [-0.2, -0.15) is 10.2 Å². The van der Waals surface area contributed by atoms with Crippen molar-refractivity contribution in [3.05, 3.63) is 33.8 Å². The molecule has 6 nitrogen and oxygen atoms in total. The molecule has 2 amide bonds. The van der Waals surface area contributed by atoms with Gasteiger partial charge in [-0.1, -0.05) is 29.3 Å². The molecule has 1 heterocycles. The van der Waals surface area contributed by atoms with E-state index in [-0.39, 0.29) is 12.3 Å². The molecule has 0 saturated carbocycles. The summed E-state index contributed by atoms with van der Waals surface area (Å²) in [6.07, 6.45) is 1.34. The van der Waals surface area contributed by atoms with Crippen molar-refractivity contribution in [1.82, 2.24) is 10.9 Å². The van der Waals surface area contributed by atoms with Gasteiger partial charge in [0.25, 0.3) is 0 Å². The third-order valence-corrected chi connectivity index (χ3v) is 3.59. The number of benzene rings is 1. The molecule has 1 aliphatic rings. The molecule has 0 bridgehead atoms. The minimum atomic E-state index is -0.552. The van der Waals surface area contributed by atoms with Crippen molar-refractivity contribution in [3.8, 4) is 0 Å². The Morgan fingerprint density at radius 2 is 2.14 bits per heavy atom. The monoisotopic (exact) mass is 326 g/mol. The molecule has 8 heteroatoms. The Labute approximate surface area is 131 Å². The van der Waals surface area contributed by atoms with Crippen molar-refractivity contribution in [2.24, 2.45) is 16.1 Å². The van der Waals surface area contributed by atoms with Gasteiger partial charge in [-0.05, 0) is 19.1 Å². The molecule has 0 fully saturated rings. The van der Waals surface area contributed by atoms with Crippen LogP contribution in [0.4, 0.5) is 0 Å². The molecule has 0 saturated heterocycles. The van der Waals surface area contributed by atoms with Gasteiger partial charge in [0.05, 0.1) is 22.2 Å². The molecule has 0 aliphatic carbocycles.